The van der Waals surface area contributed by atoms with E-state index < -0.39 is 11.9 Å². The van der Waals surface area contributed by atoms with Gasteiger partial charge in [0.2, 0.25) is 5.91 Å². The van der Waals surface area contributed by atoms with Crippen molar-refractivity contribution in [3.63, 3.8) is 0 Å². The monoisotopic (exact) mass is 343 g/mol. The Balaban J connectivity index is 1.86. The van der Waals surface area contributed by atoms with Crippen molar-refractivity contribution in [3.8, 4) is 5.69 Å². The number of carboxylic acids is 1. The van der Waals surface area contributed by atoms with Crippen molar-refractivity contribution in [2.75, 3.05) is 5.32 Å². The Bertz CT molecular complexity index is 866. The Hall–Kier alpha value is -2.83. The predicted molar refractivity (Wildman–Crippen MR) is 92.8 cm³/mol. The van der Waals surface area contributed by atoms with Gasteiger partial charge in [0.25, 0.3) is 5.56 Å². The van der Waals surface area contributed by atoms with Crippen molar-refractivity contribution in [2.24, 2.45) is 18.9 Å². The number of nitrogens with zero attached hydrogens (tertiary/aromatic N) is 2. The van der Waals surface area contributed by atoms with Gasteiger partial charge >= 0.3 is 5.97 Å². The number of amides is 1. The van der Waals surface area contributed by atoms with Crippen LogP contribution in [0, 0.1) is 18.8 Å². The zero-order valence-corrected chi connectivity index (χ0v) is 14.2. The summed E-state index contributed by atoms with van der Waals surface area (Å²) in [6.07, 6.45) is 1.34. The first-order valence-electron chi connectivity index (χ1n) is 8.28. The Kier molecular flexibility index (Phi) is 4.48. The zero-order chi connectivity index (χ0) is 18.1. The number of rotatable bonds is 4. The average Bonchev–Trinajstić information content (AvgIpc) is 3.16. The number of carbonyl (C=O) groups excluding carboxylic acids is 1. The Labute approximate surface area is 144 Å². The lowest BCUT2D eigenvalue weighted by Crippen LogP contribution is -2.26. The summed E-state index contributed by atoms with van der Waals surface area (Å²) in [5.74, 6) is -1.99. The molecular formula is C18H21N3O4. The number of hydrogen-bond acceptors (Lipinski definition) is 3. The van der Waals surface area contributed by atoms with Crippen molar-refractivity contribution in [1.82, 2.24) is 9.36 Å². The fourth-order valence-electron chi connectivity index (χ4n) is 3.38. The highest BCUT2D eigenvalue weighted by Gasteiger charge is 2.34. The van der Waals surface area contributed by atoms with Gasteiger partial charge in [-0.3, -0.25) is 19.1 Å². The number of carbonyl (C=O) groups is 2. The van der Waals surface area contributed by atoms with E-state index in [0.29, 0.717) is 30.6 Å². The minimum absolute atomic E-state index is 0.245. The summed E-state index contributed by atoms with van der Waals surface area (Å²) in [5, 5.41) is 11.8. The Morgan fingerprint density at radius 3 is 2.40 bits per heavy atom. The first kappa shape index (κ1) is 17.0. The molecule has 1 amide bonds. The zero-order valence-electron chi connectivity index (χ0n) is 14.2. The minimum Gasteiger partial charge on any atom is -0.481 e. The summed E-state index contributed by atoms with van der Waals surface area (Å²) in [5.41, 5.74) is 1.31. The van der Waals surface area contributed by atoms with E-state index in [4.69, 9.17) is 5.11 Å². The topological polar surface area (TPSA) is 93.3 Å². The molecule has 2 unspecified atom stereocenters. The van der Waals surface area contributed by atoms with Gasteiger partial charge in [0.1, 0.15) is 5.69 Å². The maximum atomic E-state index is 12.8. The first-order valence-corrected chi connectivity index (χ1v) is 8.28. The van der Waals surface area contributed by atoms with Crippen molar-refractivity contribution in [3.05, 3.63) is 46.4 Å². The lowest BCUT2D eigenvalue weighted by atomic mass is 10.0. The molecule has 2 atom stereocenters. The average molecular weight is 343 g/mol. The normalized spacial score (nSPS) is 19.8. The number of anilines is 1. The van der Waals surface area contributed by atoms with Gasteiger partial charge in [-0.05, 0) is 38.3 Å². The molecule has 0 radical (unpaired) electrons. The third-order valence-electron chi connectivity index (χ3n) is 4.96. The van der Waals surface area contributed by atoms with Crippen molar-refractivity contribution in [1.29, 1.82) is 0 Å². The largest absolute Gasteiger partial charge is 0.481 e. The van der Waals surface area contributed by atoms with Crippen LogP contribution in [0.5, 0.6) is 0 Å². The van der Waals surface area contributed by atoms with Gasteiger partial charge in [0.15, 0.2) is 0 Å². The molecule has 7 nitrogen and oxygen atoms in total. The van der Waals surface area contributed by atoms with Crippen LogP contribution >= 0.6 is 0 Å². The molecule has 0 aliphatic heterocycles. The SMILES string of the molecule is Cc1c(NC(=O)C2CCC(C(=O)O)C2)c(=O)n(-c2ccccc2)n1C. The summed E-state index contributed by atoms with van der Waals surface area (Å²) < 4.78 is 3.20. The lowest BCUT2D eigenvalue weighted by molar-refractivity contribution is -0.141. The standard InChI is InChI=1S/C18H21N3O4/c1-11-15(19-16(22)12-8-9-13(10-12)18(24)25)17(23)21(20(11)2)14-6-4-3-5-7-14/h3-7,12-13H,8-10H2,1-2H3,(H,19,22)(H,24,25). The Morgan fingerprint density at radius 1 is 1.16 bits per heavy atom. The molecule has 0 saturated heterocycles. The molecule has 1 fully saturated rings. The Morgan fingerprint density at radius 2 is 1.80 bits per heavy atom. The predicted octanol–water partition coefficient (Wildman–Crippen LogP) is 1.92. The fourth-order valence-corrected chi connectivity index (χ4v) is 3.38. The molecule has 25 heavy (non-hydrogen) atoms. The summed E-state index contributed by atoms with van der Waals surface area (Å²) in [6, 6.07) is 9.19. The minimum atomic E-state index is -0.863. The first-order chi connectivity index (χ1) is 11.9. The third kappa shape index (κ3) is 3.09. The third-order valence-corrected chi connectivity index (χ3v) is 4.96. The van der Waals surface area contributed by atoms with Gasteiger partial charge in [0, 0.05) is 13.0 Å². The van der Waals surface area contributed by atoms with Crippen molar-refractivity contribution < 1.29 is 14.7 Å². The van der Waals surface area contributed by atoms with Crippen LogP contribution in [0.25, 0.3) is 5.69 Å². The molecule has 1 aromatic heterocycles. The molecule has 2 N–H and O–H groups in total. The van der Waals surface area contributed by atoms with Crippen LogP contribution in [-0.4, -0.2) is 26.3 Å². The molecule has 7 heteroatoms. The molecule has 0 spiro atoms. The molecule has 3 rings (SSSR count). The molecule has 1 aliphatic rings. The van der Waals surface area contributed by atoms with E-state index in [-0.39, 0.29) is 23.1 Å². The number of hydrogen-bond donors (Lipinski definition) is 2. The number of aromatic nitrogens is 2. The highest BCUT2D eigenvalue weighted by molar-refractivity contribution is 5.93. The molecule has 132 valence electrons. The van der Waals surface area contributed by atoms with E-state index in [1.54, 1.807) is 18.7 Å². The summed E-state index contributed by atoms with van der Waals surface area (Å²) in [6.45, 7) is 1.77. The van der Waals surface area contributed by atoms with Crippen LogP contribution in [0.2, 0.25) is 0 Å². The highest BCUT2D eigenvalue weighted by Crippen LogP contribution is 2.32. The van der Waals surface area contributed by atoms with E-state index in [1.165, 1.54) is 4.68 Å². The molecular weight excluding hydrogens is 322 g/mol. The summed E-state index contributed by atoms with van der Waals surface area (Å²) >= 11 is 0. The van der Waals surface area contributed by atoms with Crippen LogP contribution in [0.1, 0.15) is 25.0 Å². The second-order valence-corrected chi connectivity index (χ2v) is 6.47. The summed E-state index contributed by atoms with van der Waals surface area (Å²) in [4.78, 5) is 36.3. The molecule has 1 saturated carbocycles. The number of carboxylic acid groups (broad SMARTS) is 1. The smallest absolute Gasteiger partial charge is 0.306 e. The van der Waals surface area contributed by atoms with E-state index in [0.717, 1.165) is 0 Å². The molecule has 2 aromatic rings. The van der Waals surface area contributed by atoms with Crippen LogP contribution in [0.3, 0.4) is 0 Å². The van der Waals surface area contributed by atoms with Crippen LogP contribution in [-0.2, 0) is 16.6 Å². The number of aliphatic carboxylic acids is 1. The number of para-hydroxylation sites is 1. The van der Waals surface area contributed by atoms with E-state index >= 15 is 0 Å². The molecule has 1 heterocycles. The van der Waals surface area contributed by atoms with Gasteiger partial charge in [-0.2, -0.15) is 0 Å². The van der Waals surface area contributed by atoms with E-state index in [9.17, 15) is 14.4 Å². The molecule has 1 aliphatic carbocycles. The van der Waals surface area contributed by atoms with Gasteiger partial charge in [0.05, 0.1) is 17.3 Å². The lowest BCUT2D eigenvalue weighted by Gasteiger charge is -2.09. The molecule has 0 bridgehead atoms. The van der Waals surface area contributed by atoms with Gasteiger partial charge in [-0.25, -0.2) is 4.68 Å². The van der Waals surface area contributed by atoms with Crippen molar-refractivity contribution >= 4 is 17.6 Å². The highest BCUT2D eigenvalue weighted by atomic mass is 16.4. The summed E-state index contributed by atoms with van der Waals surface area (Å²) in [7, 11) is 1.76. The van der Waals surface area contributed by atoms with E-state index in [2.05, 4.69) is 5.32 Å². The number of nitrogens with one attached hydrogen (secondary N) is 1. The second kappa shape index (κ2) is 6.58. The fraction of sp³-hybridized carbons (Fsp3) is 0.389. The van der Waals surface area contributed by atoms with E-state index in [1.807, 2.05) is 30.3 Å². The van der Waals surface area contributed by atoms with Crippen LogP contribution in [0.4, 0.5) is 5.69 Å². The van der Waals surface area contributed by atoms with Crippen LogP contribution < -0.4 is 10.9 Å². The molecule has 1 aromatic carbocycles. The maximum Gasteiger partial charge on any atom is 0.306 e. The van der Waals surface area contributed by atoms with Gasteiger partial charge in [-0.15, -0.1) is 0 Å². The van der Waals surface area contributed by atoms with Gasteiger partial charge in [-0.1, -0.05) is 18.2 Å². The van der Waals surface area contributed by atoms with Crippen LogP contribution in [0.15, 0.2) is 35.1 Å². The van der Waals surface area contributed by atoms with Crippen molar-refractivity contribution in [2.45, 2.75) is 26.2 Å². The quantitative estimate of drug-likeness (QED) is 0.887. The number of benzene rings is 1. The second-order valence-electron chi connectivity index (χ2n) is 6.47. The maximum absolute atomic E-state index is 12.8. The van der Waals surface area contributed by atoms with Gasteiger partial charge < -0.3 is 10.4 Å².